The minimum atomic E-state index is 0.261. The van der Waals surface area contributed by atoms with Gasteiger partial charge in [0, 0.05) is 0 Å². The van der Waals surface area contributed by atoms with E-state index in [0.717, 1.165) is 27.7 Å². The van der Waals surface area contributed by atoms with E-state index >= 15 is 0 Å². The molecule has 18 heavy (non-hydrogen) atoms. The van der Waals surface area contributed by atoms with Crippen molar-refractivity contribution >= 4 is 11.0 Å². The Balaban J connectivity index is 2.22. The van der Waals surface area contributed by atoms with Crippen molar-refractivity contribution in [2.24, 2.45) is 0 Å². The summed E-state index contributed by atoms with van der Waals surface area (Å²) in [5, 5.41) is 10.0. The van der Waals surface area contributed by atoms with Gasteiger partial charge in [0.05, 0.1) is 16.6 Å². The lowest BCUT2D eigenvalue weighted by Gasteiger charge is -2.05. The molecule has 1 heterocycles. The van der Waals surface area contributed by atoms with Gasteiger partial charge in [0.2, 0.25) is 0 Å². The van der Waals surface area contributed by atoms with Crippen LogP contribution in [0.25, 0.3) is 22.4 Å². The normalized spacial score (nSPS) is 11.0. The van der Waals surface area contributed by atoms with Gasteiger partial charge in [-0.05, 0) is 49.2 Å². The van der Waals surface area contributed by atoms with Gasteiger partial charge < -0.3 is 10.1 Å². The number of para-hydroxylation sites is 2. The van der Waals surface area contributed by atoms with Gasteiger partial charge >= 0.3 is 0 Å². The average molecular weight is 238 g/mol. The minimum absolute atomic E-state index is 0.261. The summed E-state index contributed by atoms with van der Waals surface area (Å²) in [6, 6.07) is 11.6. The number of hydrogen-bond donors (Lipinski definition) is 2. The van der Waals surface area contributed by atoms with E-state index in [1.54, 1.807) is 6.07 Å². The number of benzene rings is 2. The molecule has 3 aromatic rings. The summed E-state index contributed by atoms with van der Waals surface area (Å²) < 4.78 is 0. The lowest BCUT2D eigenvalue weighted by Crippen LogP contribution is -1.86. The lowest BCUT2D eigenvalue weighted by molar-refractivity contribution is 0.476. The van der Waals surface area contributed by atoms with Gasteiger partial charge in [0.15, 0.2) is 0 Å². The lowest BCUT2D eigenvalue weighted by atomic mass is 10.0. The molecule has 1 aromatic heterocycles. The molecule has 2 N–H and O–H groups in total. The number of phenolic OH excluding ortho intramolecular Hbond substituents is 1. The van der Waals surface area contributed by atoms with Crippen LogP contribution in [0.1, 0.15) is 11.1 Å². The fraction of sp³-hybridized carbons (Fsp3) is 0.133. The Morgan fingerprint density at radius 1 is 1.06 bits per heavy atom. The molecule has 0 atom stereocenters. The zero-order chi connectivity index (χ0) is 12.7. The molecule has 3 rings (SSSR count). The topological polar surface area (TPSA) is 48.9 Å². The molecule has 3 heteroatoms. The van der Waals surface area contributed by atoms with E-state index in [0.29, 0.717) is 5.82 Å². The molecular formula is C15H14N2O. The van der Waals surface area contributed by atoms with Crippen molar-refractivity contribution in [3.63, 3.8) is 0 Å². The van der Waals surface area contributed by atoms with Crippen molar-refractivity contribution in [2.75, 3.05) is 0 Å². The Labute approximate surface area is 105 Å². The average Bonchev–Trinajstić information content (AvgIpc) is 2.77. The van der Waals surface area contributed by atoms with Crippen LogP contribution in [0.2, 0.25) is 0 Å². The fourth-order valence-electron chi connectivity index (χ4n) is 2.07. The number of imidazole rings is 1. The minimum Gasteiger partial charge on any atom is -0.507 e. The van der Waals surface area contributed by atoms with Crippen LogP contribution in [0, 0.1) is 13.8 Å². The molecule has 0 spiro atoms. The number of nitrogens with zero attached hydrogens (tertiary/aromatic N) is 1. The van der Waals surface area contributed by atoms with Crippen molar-refractivity contribution in [3.05, 3.63) is 47.5 Å². The maximum Gasteiger partial charge on any atom is 0.142 e. The summed E-state index contributed by atoms with van der Waals surface area (Å²) in [4.78, 5) is 7.73. The second-order valence-electron chi connectivity index (χ2n) is 4.56. The Morgan fingerprint density at radius 2 is 1.78 bits per heavy atom. The van der Waals surface area contributed by atoms with Crippen LogP contribution in [0.4, 0.5) is 0 Å². The Kier molecular flexibility index (Phi) is 2.33. The number of fused-ring (bicyclic) bond motifs is 1. The molecule has 2 aromatic carbocycles. The van der Waals surface area contributed by atoms with Gasteiger partial charge in [-0.15, -0.1) is 0 Å². The quantitative estimate of drug-likeness (QED) is 0.681. The number of H-pyrrole nitrogens is 1. The molecule has 0 amide bonds. The van der Waals surface area contributed by atoms with Crippen LogP contribution in [-0.4, -0.2) is 15.1 Å². The van der Waals surface area contributed by atoms with E-state index in [1.165, 1.54) is 0 Å². The largest absolute Gasteiger partial charge is 0.507 e. The zero-order valence-electron chi connectivity index (χ0n) is 10.4. The van der Waals surface area contributed by atoms with Crippen LogP contribution >= 0.6 is 0 Å². The van der Waals surface area contributed by atoms with Crippen LogP contribution in [0.15, 0.2) is 36.4 Å². The van der Waals surface area contributed by atoms with Gasteiger partial charge in [-0.25, -0.2) is 4.98 Å². The van der Waals surface area contributed by atoms with Gasteiger partial charge in [-0.1, -0.05) is 12.1 Å². The monoisotopic (exact) mass is 238 g/mol. The van der Waals surface area contributed by atoms with Crippen molar-refractivity contribution < 1.29 is 5.11 Å². The molecule has 0 unspecified atom stereocenters. The van der Waals surface area contributed by atoms with Crippen molar-refractivity contribution in [3.8, 4) is 17.1 Å². The molecular weight excluding hydrogens is 224 g/mol. The third-order valence-corrected chi connectivity index (χ3v) is 3.26. The van der Waals surface area contributed by atoms with Crippen molar-refractivity contribution in [1.29, 1.82) is 0 Å². The van der Waals surface area contributed by atoms with Crippen LogP contribution in [-0.2, 0) is 0 Å². The molecule has 0 aliphatic heterocycles. The highest BCUT2D eigenvalue weighted by molar-refractivity contribution is 5.80. The zero-order valence-corrected chi connectivity index (χ0v) is 10.4. The number of hydrogen-bond acceptors (Lipinski definition) is 2. The number of rotatable bonds is 1. The van der Waals surface area contributed by atoms with Crippen molar-refractivity contribution in [2.45, 2.75) is 13.8 Å². The third-order valence-electron chi connectivity index (χ3n) is 3.26. The van der Waals surface area contributed by atoms with Gasteiger partial charge in [0.1, 0.15) is 11.6 Å². The Bertz CT molecular complexity index is 695. The van der Waals surface area contributed by atoms with E-state index in [9.17, 15) is 5.11 Å². The first kappa shape index (κ1) is 10.8. The molecule has 90 valence electrons. The van der Waals surface area contributed by atoms with E-state index < -0.39 is 0 Å². The summed E-state index contributed by atoms with van der Waals surface area (Å²) in [5.41, 5.74) is 4.85. The first-order chi connectivity index (χ1) is 8.65. The van der Waals surface area contributed by atoms with Crippen LogP contribution < -0.4 is 0 Å². The van der Waals surface area contributed by atoms with E-state index in [1.807, 2.05) is 44.2 Å². The summed E-state index contributed by atoms with van der Waals surface area (Å²) in [5.74, 6) is 0.967. The van der Waals surface area contributed by atoms with E-state index in [-0.39, 0.29) is 5.75 Å². The predicted octanol–water partition coefficient (Wildman–Crippen LogP) is 3.55. The molecule has 0 aliphatic rings. The smallest absolute Gasteiger partial charge is 0.142 e. The maximum absolute atomic E-state index is 10.0. The number of aryl methyl sites for hydroxylation is 2. The molecule has 0 saturated heterocycles. The maximum atomic E-state index is 10.0. The molecule has 3 nitrogen and oxygen atoms in total. The number of aromatic hydroxyl groups is 1. The number of aromatic nitrogens is 2. The number of phenols is 1. The Hall–Kier alpha value is -2.29. The highest BCUT2D eigenvalue weighted by atomic mass is 16.3. The van der Waals surface area contributed by atoms with Gasteiger partial charge in [-0.3, -0.25) is 0 Å². The summed E-state index contributed by atoms with van der Waals surface area (Å²) >= 11 is 0. The molecule has 0 radical (unpaired) electrons. The first-order valence-corrected chi connectivity index (χ1v) is 5.90. The van der Waals surface area contributed by atoms with Gasteiger partial charge in [-0.2, -0.15) is 0 Å². The van der Waals surface area contributed by atoms with Crippen LogP contribution in [0.5, 0.6) is 5.75 Å². The molecule has 0 fully saturated rings. The third kappa shape index (κ3) is 1.64. The second kappa shape index (κ2) is 3.88. The number of aromatic amines is 1. The van der Waals surface area contributed by atoms with E-state index in [4.69, 9.17) is 0 Å². The predicted molar refractivity (Wildman–Crippen MR) is 72.7 cm³/mol. The Morgan fingerprint density at radius 3 is 2.56 bits per heavy atom. The second-order valence-corrected chi connectivity index (χ2v) is 4.56. The highest BCUT2D eigenvalue weighted by Gasteiger charge is 2.10. The van der Waals surface area contributed by atoms with Crippen LogP contribution in [0.3, 0.4) is 0 Å². The molecule has 0 aliphatic carbocycles. The SMILES string of the molecule is Cc1cc(O)c(-c2nc3ccccc3[nH]2)cc1C. The van der Waals surface area contributed by atoms with E-state index in [2.05, 4.69) is 9.97 Å². The standard InChI is InChI=1S/C15H14N2O/c1-9-7-11(14(18)8-10(9)2)15-16-12-5-3-4-6-13(12)17-15/h3-8,18H,1-2H3,(H,16,17). The molecule has 0 saturated carbocycles. The summed E-state index contributed by atoms with van der Waals surface area (Å²) in [6.07, 6.45) is 0. The summed E-state index contributed by atoms with van der Waals surface area (Å²) in [7, 11) is 0. The summed E-state index contributed by atoms with van der Waals surface area (Å²) in [6.45, 7) is 4.01. The molecule has 0 bridgehead atoms. The number of nitrogens with one attached hydrogen (secondary N) is 1. The van der Waals surface area contributed by atoms with Crippen molar-refractivity contribution in [1.82, 2.24) is 9.97 Å². The fourth-order valence-corrected chi connectivity index (χ4v) is 2.07. The highest BCUT2D eigenvalue weighted by Crippen LogP contribution is 2.31. The van der Waals surface area contributed by atoms with Gasteiger partial charge in [0.25, 0.3) is 0 Å². The first-order valence-electron chi connectivity index (χ1n) is 5.90.